The van der Waals surface area contributed by atoms with Crippen LogP contribution in [0.25, 0.3) is 0 Å². The van der Waals surface area contributed by atoms with Crippen LogP contribution in [0, 0.1) is 5.92 Å². The monoisotopic (exact) mass is 278 g/mol. The summed E-state index contributed by atoms with van der Waals surface area (Å²) in [6, 6.07) is 7.29. The third-order valence-electron chi connectivity index (χ3n) is 2.24. The van der Waals surface area contributed by atoms with E-state index in [4.69, 9.17) is 17.0 Å². The average molecular weight is 278 g/mol. The molecule has 0 heterocycles. The van der Waals surface area contributed by atoms with Gasteiger partial charge in [-0.25, -0.2) is 0 Å². The van der Waals surface area contributed by atoms with Crippen LogP contribution < -0.4 is 15.4 Å². The van der Waals surface area contributed by atoms with E-state index in [0.717, 1.165) is 11.4 Å². The summed E-state index contributed by atoms with van der Waals surface area (Å²) in [4.78, 5) is 11.4. The Kier molecular flexibility index (Phi) is 6.02. The van der Waals surface area contributed by atoms with Gasteiger partial charge in [0.2, 0.25) is 5.91 Å². The maximum absolute atomic E-state index is 11.4. The number of carbonyl (C=O) groups excluding carboxylic acids is 1. The van der Waals surface area contributed by atoms with Gasteiger partial charge in [0, 0.05) is 11.6 Å². The van der Waals surface area contributed by atoms with E-state index in [0.29, 0.717) is 11.7 Å². The van der Waals surface area contributed by atoms with Gasteiger partial charge in [0.05, 0.1) is 0 Å². The maximum atomic E-state index is 11.4. The van der Waals surface area contributed by atoms with Crippen LogP contribution in [0.1, 0.15) is 13.8 Å². The molecule has 0 aliphatic heterocycles. The molecule has 0 fully saturated rings. The van der Waals surface area contributed by atoms with E-state index in [1.807, 2.05) is 38.1 Å². The molecule has 102 valence electrons. The van der Waals surface area contributed by atoms with Gasteiger partial charge < -0.3 is 15.4 Å². The van der Waals surface area contributed by atoms with Crippen LogP contribution in [0.4, 0.5) is 5.69 Å². The number of carbonyl (C=O) groups is 1. The molecule has 5 heteroatoms. The second-order valence-corrected chi connectivity index (χ2v) is 4.63. The van der Waals surface area contributed by atoms with Crippen molar-refractivity contribution in [2.24, 2.45) is 5.92 Å². The highest BCUT2D eigenvalue weighted by Gasteiger charge is 2.08. The molecule has 19 heavy (non-hydrogen) atoms. The van der Waals surface area contributed by atoms with Gasteiger partial charge >= 0.3 is 0 Å². The van der Waals surface area contributed by atoms with E-state index in [1.165, 1.54) is 0 Å². The first-order valence-electron chi connectivity index (χ1n) is 5.98. The van der Waals surface area contributed by atoms with Gasteiger partial charge in [-0.05, 0) is 36.5 Å². The second kappa shape index (κ2) is 7.53. The molecule has 0 radical (unpaired) electrons. The van der Waals surface area contributed by atoms with E-state index < -0.39 is 0 Å². The van der Waals surface area contributed by atoms with Crippen molar-refractivity contribution in [2.75, 3.05) is 11.9 Å². The number of hydrogen-bond acceptors (Lipinski definition) is 3. The highest BCUT2D eigenvalue weighted by atomic mass is 32.1. The molecule has 4 nitrogen and oxygen atoms in total. The number of anilines is 1. The van der Waals surface area contributed by atoms with Gasteiger partial charge in [-0.2, -0.15) is 0 Å². The molecule has 0 saturated carbocycles. The van der Waals surface area contributed by atoms with Gasteiger partial charge in [0.1, 0.15) is 12.4 Å². The minimum Gasteiger partial charge on any atom is -0.490 e. The van der Waals surface area contributed by atoms with Gasteiger partial charge in [-0.15, -0.1) is 0 Å². The molecule has 0 aliphatic rings. The Hall–Kier alpha value is -1.88. The third kappa shape index (κ3) is 5.52. The Morgan fingerprint density at radius 1 is 1.42 bits per heavy atom. The Balaban J connectivity index is 2.50. The topological polar surface area (TPSA) is 50.4 Å². The minimum atomic E-state index is -0.108. The van der Waals surface area contributed by atoms with Gasteiger partial charge in [0.25, 0.3) is 0 Å². The maximum Gasteiger partial charge on any atom is 0.228 e. The summed E-state index contributed by atoms with van der Waals surface area (Å²) >= 11 is 5.05. The summed E-state index contributed by atoms with van der Waals surface area (Å²) in [6.45, 7) is 7.67. The molecular weight excluding hydrogens is 260 g/mol. The number of rotatable bonds is 5. The largest absolute Gasteiger partial charge is 0.490 e. The minimum absolute atomic E-state index is 0.102. The van der Waals surface area contributed by atoms with Crippen LogP contribution in [-0.2, 0) is 4.79 Å². The van der Waals surface area contributed by atoms with Crippen molar-refractivity contribution in [1.82, 2.24) is 5.32 Å². The van der Waals surface area contributed by atoms with Crippen LogP contribution in [0.3, 0.4) is 0 Å². The molecule has 0 unspecified atom stereocenters. The Labute approximate surface area is 118 Å². The van der Waals surface area contributed by atoms with Crippen LogP contribution in [-0.4, -0.2) is 17.6 Å². The summed E-state index contributed by atoms with van der Waals surface area (Å²) in [7, 11) is 0. The van der Waals surface area contributed by atoms with Crippen molar-refractivity contribution >= 4 is 28.9 Å². The van der Waals surface area contributed by atoms with Crippen molar-refractivity contribution in [3.8, 4) is 5.75 Å². The summed E-state index contributed by atoms with van der Waals surface area (Å²) in [5, 5.41) is 5.84. The smallest absolute Gasteiger partial charge is 0.228 e. The first kappa shape index (κ1) is 15.2. The van der Waals surface area contributed by atoms with Gasteiger partial charge in [-0.1, -0.05) is 26.5 Å². The normalized spacial score (nSPS) is 9.84. The fourth-order valence-electron chi connectivity index (χ4n) is 1.21. The predicted molar refractivity (Wildman–Crippen MR) is 81.3 cm³/mol. The zero-order chi connectivity index (χ0) is 14.3. The lowest BCUT2D eigenvalue weighted by Gasteiger charge is -2.11. The van der Waals surface area contributed by atoms with Crippen molar-refractivity contribution < 1.29 is 9.53 Å². The molecule has 1 aromatic rings. The second-order valence-electron chi connectivity index (χ2n) is 4.22. The molecule has 0 aliphatic carbocycles. The third-order valence-corrected chi connectivity index (χ3v) is 2.45. The highest BCUT2D eigenvalue weighted by Crippen LogP contribution is 2.15. The molecule has 0 saturated heterocycles. The van der Waals surface area contributed by atoms with Crippen molar-refractivity contribution in [1.29, 1.82) is 0 Å². The van der Waals surface area contributed by atoms with Gasteiger partial charge in [0.15, 0.2) is 5.11 Å². The van der Waals surface area contributed by atoms with Crippen molar-refractivity contribution in [2.45, 2.75) is 13.8 Å². The first-order valence-corrected chi connectivity index (χ1v) is 6.39. The molecule has 0 bridgehead atoms. The van der Waals surface area contributed by atoms with Crippen LogP contribution >= 0.6 is 12.2 Å². The lowest BCUT2D eigenvalue weighted by atomic mass is 10.2. The Morgan fingerprint density at radius 3 is 2.58 bits per heavy atom. The van der Waals surface area contributed by atoms with Crippen LogP contribution in [0.2, 0.25) is 0 Å². The first-order chi connectivity index (χ1) is 9.02. The Bertz CT molecular complexity index is 455. The number of thiocarbonyl (C=S) groups is 1. The summed E-state index contributed by atoms with van der Waals surface area (Å²) in [6.07, 6.45) is 1.68. The number of amides is 1. The highest BCUT2D eigenvalue weighted by molar-refractivity contribution is 7.80. The summed E-state index contributed by atoms with van der Waals surface area (Å²) < 4.78 is 5.36. The molecule has 1 amide bonds. The Morgan fingerprint density at radius 2 is 2.05 bits per heavy atom. The molecule has 1 rings (SSSR count). The van der Waals surface area contributed by atoms with Crippen LogP contribution in [0.5, 0.6) is 5.75 Å². The standard InChI is InChI=1S/C14H18N2O2S/c1-4-9-18-12-7-5-11(6-8-12)15-14(19)16-13(17)10(2)3/h4-8,10H,1,9H2,2-3H3,(H2,15,16,17,19). The number of hydrogen-bond donors (Lipinski definition) is 2. The van der Waals surface area contributed by atoms with Crippen molar-refractivity contribution in [3.05, 3.63) is 36.9 Å². The van der Waals surface area contributed by atoms with E-state index in [9.17, 15) is 4.79 Å². The molecule has 0 spiro atoms. The summed E-state index contributed by atoms with van der Waals surface area (Å²) in [5.74, 6) is 0.542. The van der Waals surface area contributed by atoms with Crippen LogP contribution in [0.15, 0.2) is 36.9 Å². The zero-order valence-electron chi connectivity index (χ0n) is 11.1. The zero-order valence-corrected chi connectivity index (χ0v) is 11.9. The van der Waals surface area contributed by atoms with Crippen molar-refractivity contribution in [3.63, 3.8) is 0 Å². The van der Waals surface area contributed by atoms with E-state index in [-0.39, 0.29) is 11.8 Å². The van der Waals surface area contributed by atoms with E-state index >= 15 is 0 Å². The number of benzene rings is 1. The van der Waals surface area contributed by atoms with Gasteiger partial charge in [-0.3, -0.25) is 4.79 Å². The van der Waals surface area contributed by atoms with E-state index in [1.54, 1.807) is 6.08 Å². The summed E-state index contributed by atoms with van der Waals surface area (Å²) in [5.41, 5.74) is 0.792. The lowest BCUT2D eigenvalue weighted by Crippen LogP contribution is -2.36. The average Bonchev–Trinajstić information content (AvgIpc) is 2.37. The number of nitrogens with one attached hydrogen (secondary N) is 2. The quantitative estimate of drug-likeness (QED) is 0.642. The lowest BCUT2D eigenvalue weighted by molar-refractivity contribution is -0.122. The fourth-order valence-corrected chi connectivity index (χ4v) is 1.43. The molecule has 0 aromatic heterocycles. The fraction of sp³-hybridized carbons (Fsp3) is 0.286. The molecular formula is C14H18N2O2S. The number of ether oxygens (including phenoxy) is 1. The van der Waals surface area contributed by atoms with E-state index in [2.05, 4.69) is 17.2 Å². The molecule has 0 atom stereocenters. The predicted octanol–water partition coefficient (Wildman–Crippen LogP) is 2.72. The molecule has 2 N–H and O–H groups in total. The molecule has 1 aromatic carbocycles. The SMILES string of the molecule is C=CCOc1ccc(NC(=S)NC(=O)C(C)C)cc1.